The third-order valence-corrected chi connectivity index (χ3v) is 4.29. The molecule has 0 radical (unpaired) electrons. The summed E-state index contributed by atoms with van der Waals surface area (Å²) in [5.74, 6) is -1.13. The molecule has 1 atom stereocenters. The molecule has 4 heteroatoms. The lowest BCUT2D eigenvalue weighted by Crippen LogP contribution is -2.00. The minimum Gasteiger partial charge on any atom is -0.207 e. The topological polar surface area (TPSA) is 0 Å². The highest BCUT2D eigenvalue weighted by Crippen LogP contribution is 2.37. The van der Waals surface area contributed by atoms with Crippen LogP contribution in [0.15, 0.2) is 30.3 Å². The predicted molar refractivity (Wildman–Crippen MR) is 78.1 cm³/mol. The van der Waals surface area contributed by atoms with Crippen molar-refractivity contribution in [1.29, 1.82) is 0 Å². The SMILES string of the molecule is Cc1ccc(C(Br)c2cc(C)c(F)cc2F)c(Cl)c1. The summed E-state index contributed by atoms with van der Waals surface area (Å²) in [4.78, 5) is -0.403. The predicted octanol–water partition coefficient (Wildman–Crippen LogP) is 5.72. The fraction of sp³-hybridized carbons (Fsp3) is 0.200. The van der Waals surface area contributed by atoms with Crippen LogP contribution in [0.25, 0.3) is 0 Å². The normalized spacial score (nSPS) is 12.5. The molecule has 0 nitrogen and oxygen atoms in total. The Hall–Kier alpha value is -0.930. The molecule has 0 bridgehead atoms. The summed E-state index contributed by atoms with van der Waals surface area (Å²) in [6.07, 6.45) is 0. The van der Waals surface area contributed by atoms with Crippen LogP contribution in [0.1, 0.15) is 27.1 Å². The van der Waals surface area contributed by atoms with Crippen LogP contribution in [0.4, 0.5) is 8.78 Å². The number of rotatable bonds is 2. The van der Waals surface area contributed by atoms with Crippen molar-refractivity contribution in [1.82, 2.24) is 0 Å². The first-order valence-corrected chi connectivity index (χ1v) is 7.05. The van der Waals surface area contributed by atoms with Gasteiger partial charge in [0.15, 0.2) is 0 Å². The fourth-order valence-electron chi connectivity index (χ4n) is 1.88. The van der Waals surface area contributed by atoms with Crippen molar-refractivity contribution in [3.8, 4) is 0 Å². The Balaban J connectivity index is 2.49. The summed E-state index contributed by atoms with van der Waals surface area (Å²) in [5, 5.41) is 0.559. The minimum absolute atomic E-state index is 0.379. The Kier molecular flexibility index (Phi) is 4.26. The standard InChI is InChI=1S/C15H12BrClF2/c1-8-3-4-10(12(17)5-8)15(16)11-6-9(2)13(18)7-14(11)19/h3-7,15H,1-2H3. The van der Waals surface area contributed by atoms with Crippen LogP contribution >= 0.6 is 27.5 Å². The van der Waals surface area contributed by atoms with Gasteiger partial charge in [0.05, 0.1) is 4.83 Å². The second-order valence-electron chi connectivity index (χ2n) is 4.51. The van der Waals surface area contributed by atoms with E-state index >= 15 is 0 Å². The number of hydrogen-bond donors (Lipinski definition) is 0. The molecule has 0 fully saturated rings. The van der Waals surface area contributed by atoms with E-state index in [0.717, 1.165) is 17.2 Å². The lowest BCUT2D eigenvalue weighted by molar-refractivity contribution is 0.569. The van der Waals surface area contributed by atoms with E-state index in [1.807, 2.05) is 25.1 Å². The van der Waals surface area contributed by atoms with Crippen LogP contribution in [0, 0.1) is 25.5 Å². The van der Waals surface area contributed by atoms with Gasteiger partial charge in [-0.25, -0.2) is 8.78 Å². The molecule has 0 spiro atoms. The zero-order valence-electron chi connectivity index (χ0n) is 10.5. The summed E-state index contributed by atoms with van der Waals surface area (Å²) in [6, 6.07) is 7.97. The van der Waals surface area contributed by atoms with Gasteiger partial charge in [0, 0.05) is 16.7 Å². The second-order valence-corrected chi connectivity index (χ2v) is 5.83. The van der Waals surface area contributed by atoms with Crippen molar-refractivity contribution in [2.24, 2.45) is 0 Å². The molecule has 2 aromatic rings. The van der Waals surface area contributed by atoms with Crippen LogP contribution in [-0.4, -0.2) is 0 Å². The zero-order chi connectivity index (χ0) is 14.2. The summed E-state index contributed by atoms with van der Waals surface area (Å²) in [6.45, 7) is 3.54. The van der Waals surface area contributed by atoms with Crippen molar-refractivity contribution >= 4 is 27.5 Å². The highest BCUT2D eigenvalue weighted by Gasteiger charge is 2.19. The van der Waals surface area contributed by atoms with E-state index in [-0.39, 0.29) is 0 Å². The van der Waals surface area contributed by atoms with Crippen molar-refractivity contribution < 1.29 is 8.78 Å². The van der Waals surface area contributed by atoms with Crippen molar-refractivity contribution in [2.45, 2.75) is 18.7 Å². The van der Waals surface area contributed by atoms with Gasteiger partial charge in [-0.1, -0.05) is 39.7 Å². The Labute approximate surface area is 124 Å². The summed E-state index contributed by atoms with van der Waals surface area (Å²) in [5.41, 5.74) is 2.58. The maximum absolute atomic E-state index is 13.9. The minimum atomic E-state index is -0.582. The van der Waals surface area contributed by atoms with Gasteiger partial charge in [0.2, 0.25) is 0 Å². The molecule has 0 aliphatic carbocycles. The average Bonchev–Trinajstić information content (AvgIpc) is 2.33. The van der Waals surface area contributed by atoms with Gasteiger partial charge in [-0.15, -0.1) is 0 Å². The lowest BCUT2D eigenvalue weighted by atomic mass is 10.0. The molecule has 0 aliphatic rings. The smallest absolute Gasteiger partial charge is 0.130 e. The van der Waals surface area contributed by atoms with Gasteiger partial charge in [-0.2, -0.15) is 0 Å². The van der Waals surface area contributed by atoms with E-state index < -0.39 is 16.5 Å². The van der Waals surface area contributed by atoms with E-state index in [1.165, 1.54) is 6.07 Å². The first-order chi connectivity index (χ1) is 8.90. The molecule has 2 aromatic carbocycles. The Morgan fingerprint density at radius 2 is 1.68 bits per heavy atom. The van der Waals surface area contributed by atoms with Crippen LogP contribution in [0.3, 0.4) is 0 Å². The van der Waals surface area contributed by atoms with Gasteiger partial charge in [-0.05, 0) is 42.7 Å². The molecule has 0 aromatic heterocycles. The van der Waals surface area contributed by atoms with E-state index in [1.54, 1.807) is 6.92 Å². The first-order valence-electron chi connectivity index (χ1n) is 5.76. The molecular weight excluding hydrogens is 334 g/mol. The highest BCUT2D eigenvalue weighted by atomic mass is 79.9. The third kappa shape index (κ3) is 2.98. The molecule has 0 saturated heterocycles. The maximum atomic E-state index is 13.9. The third-order valence-electron chi connectivity index (χ3n) is 2.98. The molecule has 0 saturated carbocycles. The van der Waals surface area contributed by atoms with Gasteiger partial charge in [0.25, 0.3) is 0 Å². The Bertz CT molecular complexity index is 626. The van der Waals surface area contributed by atoms with Gasteiger partial charge in [0.1, 0.15) is 11.6 Å². The molecule has 2 rings (SSSR count). The summed E-state index contributed by atoms with van der Waals surface area (Å²) < 4.78 is 27.1. The molecule has 1 unspecified atom stereocenters. The molecule has 0 amide bonds. The number of hydrogen-bond acceptors (Lipinski definition) is 0. The van der Waals surface area contributed by atoms with E-state index in [4.69, 9.17) is 11.6 Å². The highest BCUT2D eigenvalue weighted by molar-refractivity contribution is 9.09. The second kappa shape index (κ2) is 5.59. The average molecular weight is 346 g/mol. The zero-order valence-corrected chi connectivity index (χ0v) is 12.8. The van der Waals surface area contributed by atoms with Crippen molar-refractivity contribution in [2.75, 3.05) is 0 Å². The largest absolute Gasteiger partial charge is 0.207 e. The molecule has 0 N–H and O–H groups in total. The van der Waals surface area contributed by atoms with Crippen molar-refractivity contribution in [3.63, 3.8) is 0 Å². The van der Waals surface area contributed by atoms with E-state index in [9.17, 15) is 8.78 Å². The van der Waals surface area contributed by atoms with Gasteiger partial charge >= 0.3 is 0 Å². The van der Waals surface area contributed by atoms with E-state index in [0.29, 0.717) is 16.1 Å². The van der Waals surface area contributed by atoms with E-state index in [2.05, 4.69) is 15.9 Å². The molecule has 0 aliphatic heterocycles. The summed E-state index contributed by atoms with van der Waals surface area (Å²) >= 11 is 9.60. The van der Waals surface area contributed by atoms with Crippen LogP contribution < -0.4 is 0 Å². The molecule has 19 heavy (non-hydrogen) atoms. The monoisotopic (exact) mass is 344 g/mol. The Morgan fingerprint density at radius 1 is 1.00 bits per heavy atom. The first kappa shape index (κ1) is 14.5. The van der Waals surface area contributed by atoms with Crippen LogP contribution in [0.5, 0.6) is 0 Å². The van der Waals surface area contributed by atoms with Crippen LogP contribution in [0.2, 0.25) is 5.02 Å². The number of aryl methyl sites for hydroxylation is 2. The molecular formula is C15H12BrClF2. The van der Waals surface area contributed by atoms with Gasteiger partial charge in [-0.3, -0.25) is 0 Å². The number of alkyl halides is 1. The molecule has 0 heterocycles. The summed E-state index contributed by atoms with van der Waals surface area (Å²) in [7, 11) is 0. The van der Waals surface area contributed by atoms with Gasteiger partial charge < -0.3 is 0 Å². The van der Waals surface area contributed by atoms with Crippen molar-refractivity contribution in [3.05, 3.63) is 69.2 Å². The number of halogens is 4. The Morgan fingerprint density at radius 3 is 2.32 bits per heavy atom. The quantitative estimate of drug-likeness (QED) is 0.611. The molecule has 100 valence electrons. The number of benzene rings is 2. The maximum Gasteiger partial charge on any atom is 0.130 e. The lowest BCUT2D eigenvalue weighted by Gasteiger charge is -2.15. The fourth-order valence-corrected chi connectivity index (χ4v) is 3.11. The van der Waals surface area contributed by atoms with Crippen LogP contribution in [-0.2, 0) is 0 Å².